The summed E-state index contributed by atoms with van der Waals surface area (Å²) < 4.78 is 31.3. The second-order valence-corrected chi connectivity index (χ2v) is 6.51. The lowest BCUT2D eigenvalue weighted by molar-refractivity contribution is 0.0600. The zero-order valence-corrected chi connectivity index (χ0v) is 12.1. The van der Waals surface area contributed by atoms with E-state index in [-0.39, 0.29) is 11.8 Å². The van der Waals surface area contributed by atoms with E-state index in [1.165, 1.54) is 7.11 Å². The van der Waals surface area contributed by atoms with Gasteiger partial charge in [-0.2, -0.15) is 0 Å². The summed E-state index contributed by atoms with van der Waals surface area (Å²) in [4.78, 5) is 11.3. The molecule has 1 aromatic rings. The second kappa shape index (κ2) is 6.34. The van der Waals surface area contributed by atoms with Crippen LogP contribution in [-0.2, 0) is 20.5 Å². The van der Waals surface area contributed by atoms with Crippen LogP contribution in [0.25, 0.3) is 0 Å². The van der Waals surface area contributed by atoms with Gasteiger partial charge in [-0.1, -0.05) is 12.1 Å². The average molecular weight is 298 g/mol. The van der Waals surface area contributed by atoms with E-state index < -0.39 is 16.0 Å². The number of sulfonamides is 1. The monoisotopic (exact) mass is 298 g/mol. The number of methoxy groups -OCH3 is 1. The summed E-state index contributed by atoms with van der Waals surface area (Å²) in [6.07, 6.45) is 0.806. The van der Waals surface area contributed by atoms with Crippen molar-refractivity contribution in [3.63, 3.8) is 0 Å². The minimum atomic E-state index is -3.36. The summed E-state index contributed by atoms with van der Waals surface area (Å²) in [5.74, 6) is -0.528. The van der Waals surface area contributed by atoms with Crippen molar-refractivity contribution in [1.29, 1.82) is 0 Å². The summed E-state index contributed by atoms with van der Waals surface area (Å²) in [5, 5.41) is 3.11. The van der Waals surface area contributed by atoms with Gasteiger partial charge >= 0.3 is 5.97 Å². The first-order valence-electron chi connectivity index (χ1n) is 6.38. The Hall–Kier alpha value is -1.44. The van der Waals surface area contributed by atoms with E-state index in [1.54, 1.807) is 24.3 Å². The SMILES string of the molecule is COC(=O)c1ccc(CS(=O)(=O)N[C@@H]2CCNC2)cc1. The highest BCUT2D eigenvalue weighted by Gasteiger charge is 2.21. The highest BCUT2D eigenvalue weighted by Crippen LogP contribution is 2.10. The molecule has 1 heterocycles. The van der Waals surface area contributed by atoms with E-state index in [1.807, 2.05) is 0 Å². The van der Waals surface area contributed by atoms with Crippen LogP contribution < -0.4 is 10.0 Å². The third-order valence-corrected chi connectivity index (χ3v) is 4.54. The largest absolute Gasteiger partial charge is 0.465 e. The van der Waals surface area contributed by atoms with Gasteiger partial charge in [-0.3, -0.25) is 0 Å². The molecule has 1 aliphatic rings. The molecule has 1 fully saturated rings. The number of hydrogen-bond donors (Lipinski definition) is 2. The van der Waals surface area contributed by atoms with Crippen molar-refractivity contribution < 1.29 is 17.9 Å². The van der Waals surface area contributed by atoms with E-state index in [0.717, 1.165) is 13.0 Å². The number of benzene rings is 1. The lowest BCUT2D eigenvalue weighted by Crippen LogP contribution is -2.36. The number of carbonyl (C=O) groups is 1. The Morgan fingerprint density at radius 3 is 2.65 bits per heavy atom. The Balaban J connectivity index is 1.99. The maximum Gasteiger partial charge on any atom is 0.337 e. The highest BCUT2D eigenvalue weighted by molar-refractivity contribution is 7.88. The van der Waals surface area contributed by atoms with Gasteiger partial charge in [0, 0.05) is 12.6 Å². The van der Waals surface area contributed by atoms with E-state index in [4.69, 9.17) is 0 Å². The summed E-state index contributed by atoms with van der Waals surface area (Å²) in [7, 11) is -2.06. The number of ether oxygens (including phenoxy) is 1. The van der Waals surface area contributed by atoms with E-state index in [2.05, 4.69) is 14.8 Å². The summed E-state index contributed by atoms with van der Waals surface area (Å²) in [6.45, 7) is 1.50. The van der Waals surface area contributed by atoms with Crippen molar-refractivity contribution in [1.82, 2.24) is 10.0 Å². The Labute approximate surface area is 118 Å². The predicted octanol–water partition coefficient (Wildman–Crippen LogP) is 0.255. The van der Waals surface area contributed by atoms with Crippen LogP contribution in [0, 0.1) is 0 Å². The first-order chi connectivity index (χ1) is 9.50. The average Bonchev–Trinajstić information content (AvgIpc) is 2.90. The molecule has 20 heavy (non-hydrogen) atoms. The van der Waals surface area contributed by atoms with Gasteiger partial charge in [0.1, 0.15) is 0 Å². The maximum absolute atomic E-state index is 12.0. The van der Waals surface area contributed by atoms with Crippen LogP contribution in [0.2, 0.25) is 0 Å². The molecule has 2 N–H and O–H groups in total. The van der Waals surface area contributed by atoms with Crippen LogP contribution in [0.15, 0.2) is 24.3 Å². The predicted molar refractivity (Wildman–Crippen MR) is 74.8 cm³/mol. The summed E-state index contributed by atoms with van der Waals surface area (Å²) in [6, 6.07) is 6.34. The molecule has 1 atom stereocenters. The number of rotatable bonds is 5. The second-order valence-electron chi connectivity index (χ2n) is 4.76. The van der Waals surface area contributed by atoms with Gasteiger partial charge in [0.15, 0.2) is 0 Å². The molecule has 0 aromatic heterocycles. The molecule has 0 unspecified atom stereocenters. The Kier molecular flexibility index (Phi) is 4.74. The zero-order valence-electron chi connectivity index (χ0n) is 11.3. The molecule has 0 aliphatic carbocycles. The molecule has 1 saturated heterocycles. The van der Waals surface area contributed by atoms with Crippen LogP contribution in [0.4, 0.5) is 0 Å². The van der Waals surface area contributed by atoms with E-state index >= 15 is 0 Å². The van der Waals surface area contributed by atoms with Gasteiger partial charge in [-0.25, -0.2) is 17.9 Å². The molecule has 0 radical (unpaired) electrons. The van der Waals surface area contributed by atoms with Crippen LogP contribution in [0.1, 0.15) is 22.3 Å². The van der Waals surface area contributed by atoms with Crippen molar-refractivity contribution in [2.45, 2.75) is 18.2 Å². The zero-order chi connectivity index (χ0) is 14.6. The molecule has 0 bridgehead atoms. The van der Waals surface area contributed by atoms with E-state index in [0.29, 0.717) is 17.7 Å². The normalized spacial score (nSPS) is 18.9. The van der Waals surface area contributed by atoms with Crippen molar-refractivity contribution in [3.05, 3.63) is 35.4 Å². The van der Waals surface area contributed by atoms with Gasteiger partial charge in [0.05, 0.1) is 18.4 Å². The minimum absolute atomic E-state index is 0.0330. The van der Waals surface area contributed by atoms with Crippen LogP contribution in [0.5, 0.6) is 0 Å². The number of hydrogen-bond acceptors (Lipinski definition) is 5. The molecule has 6 nitrogen and oxygen atoms in total. The summed E-state index contributed by atoms with van der Waals surface area (Å²) >= 11 is 0. The summed E-state index contributed by atoms with van der Waals surface area (Å²) in [5.41, 5.74) is 1.04. The standard InChI is InChI=1S/C13H18N2O4S/c1-19-13(16)11-4-2-10(3-5-11)9-20(17,18)15-12-6-7-14-8-12/h2-5,12,14-15H,6-9H2,1H3/t12-/m1/s1. The molecule has 2 rings (SSSR count). The number of nitrogens with one attached hydrogen (secondary N) is 2. The lowest BCUT2D eigenvalue weighted by atomic mass is 10.1. The molecule has 0 amide bonds. The molecule has 7 heteroatoms. The third-order valence-electron chi connectivity index (χ3n) is 3.14. The van der Waals surface area contributed by atoms with Gasteiger partial charge in [0.2, 0.25) is 10.0 Å². The van der Waals surface area contributed by atoms with Crippen molar-refractivity contribution in [2.75, 3.05) is 20.2 Å². The van der Waals surface area contributed by atoms with E-state index in [9.17, 15) is 13.2 Å². The topological polar surface area (TPSA) is 84.5 Å². The maximum atomic E-state index is 12.0. The Bertz CT molecular complexity index is 563. The van der Waals surface area contributed by atoms with Gasteiger partial charge in [0.25, 0.3) is 0 Å². The van der Waals surface area contributed by atoms with Crippen LogP contribution in [-0.4, -0.2) is 40.6 Å². The van der Waals surface area contributed by atoms with Crippen molar-refractivity contribution in [3.8, 4) is 0 Å². The highest BCUT2D eigenvalue weighted by atomic mass is 32.2. The molecular formula is C13H18N2O4S. The smallest absolute Gasteiger partial charge is 0.337 e. The third kappa shape index (κ3) is 4.03. The first kappa shape index (κ1) is 15.0. The first-order valence-corrected chi connectivity index (χ1v) is 8.03. The quantitative estimate of drug-likeness (QED) is 0.762. The molecule has 110 valence electrons. The number of esters is 1. The fourth-order valence-corrected chi connectivity index (χ4v) is 3.55. The molecular weight excluding hydrogens is 280 g/mol. The number of carbonyl (C=O) groups excluding carboxylic acids is 1. The molecule has 0 saturated carbocycles. The minimum Gasteiger partial charge on any atom is -0.465 e. The Morgan fingerprint density at radius 1 is 1.40 bits per heavy atom. The molecule has 0 spiro atoms. The van der Waals surface area contributed by atoms with Gasteiger partial charge in [-0.05, 0) is 30.7 Å². The van der Waals surface area contributed by atoms with Crippen LogP contribution in [0.3, 0.4) is 0 Å². The molecule has 1 aromatic carbocycles. The molecule has 1 aliphatic heterocycles. The van der Waals surface area contributed by atoms with Crippen LogP contribution >= 0.6 is 0 Å². The fourth-order valence-electron chi connectivity index (χ4n) is 2.13. The van der Waals surface area contributed by atoms with Gasteiger partial charge in [-0.15, -0.1) is 0 Å². The lowest BCUT2D eigenvalue weighted by Gasteiger charge is -2.12. The van der Waals surface area contributed by atoms with Crippen molar-refractivity contribution in [2.24, 2.45) is 0 Å². The fraction of sp³-hybridized carbons (Fsp3) is 0.462. The Morgan fingerprint density at radius 2 is 2.10 bits per heavy atom. The van der Waals surface area contributed by atoms with Crippen molar-refractivity contribution >= 4 is 16.0 Å². The van der Waals surface area contributed by atoms with Gasteiger partial charge < -0.3 is 10.1 Å².